The van der Waals surface area contributed by atoms with Gasteiger partial charge in [0.1, 0.15) is 5.56 Å². The summed E-state index contributed by atoms with van der Waals surface area (Å²) in [6.45, 7) is 0. The second-order valence-corrected chi connectivity index (χ2v) is 3.66. The summed E-state index contributed by atoms with van der Waals surface area (Å²) in [7, 11) is 0. The van der Waals surface area contributed by atoms with Gasteiger partial charge in [-0.05, 0) is 24.5 Å². The van der Waals surface area contributed by atoms with Gasteiger partial charge in [0.25, 0.3) is 0 Å². The minimum Gasteiger partial charge on any atom is -0.504 e. The first-order valence-electron chi connectivity index (χ1n) is 4.77. The predicted molar refractivity (Wildman–Crippen MR) is 53.7 cm³/mol. The number of carbonyl (C=O) groups excluding carboxylic acids is 1. The maximum atomic E-state index is 11.6. The Morgan fingerprint density at radius 1 is 1.31 bits per heavy atom. The van der Waals surface area contributed by atoms with Gasteiger partial charge < -0.3 is 10.2 Å². The summed E-state index contributed by atoms with van der Waals surface area (Å²) in [5.41, 5.74) is -0.315. The van der Waals surface area contributed by atoms with Gasteiger partial charge in [0.2, 0.25) is 5.75 Å². The number of Topliss-reactive ketones (excluding diaryl/α,β-unsaturated/α-hetero) is 1. The topological polar surface area (TPSA) is 101 Å². The highest BCUT2D eigenvalue weighted by atomic mass is 16.6. The molecule has 0 aromatic heterocycles. The summed E-state index contributed by atoms with van der Waals surface area (Å²) in [6, 6.07) is 1.22. The Labute approximate surface area is 90.3 Å². The molecule has 0 fully saturated rings. The summed E-state index contributed by atoms with van der Waals surface area (Å²) in [5, 5.41) is 29.5. The van der Waals surface area contributed by atoms with E-state index in [0.717, 1.165) is 0 Å². The number of fused-ring (bicyclic) bond motifs is 1. The largest absolute Gasteiger partial charge is 0.504 e. The third kappa shape index (κ3) is 1.39. The number of hydrogen-bond donors (Lipinski definition) is 2. The molecule has 1 aliphatic carbocycles. The summed E-state index contributed by atoms with van der Waals surface area (Å²) >= 11 is 0. The van der Waals surface area contributed by atoms with Gasteiger partial charge in [0.05, 0.1) is 4.92 Å². The van der Waals surface area contributed by atoms with Crippen molar-refractivity contribution in [2.75, 3.05) is 0 Å². The van der Waals surface area contributed by atoms with Crippen LogP contribution in [0.15, 0.2) is 6.07 Å². The molecule has 2 rings (SSSR count). The van der Waals surface area contributed by atoms with Gasteiger partial charge in [-0.25, -0.2) is 0 Å². The van der Waals surface area contributed by atoms with Crippen molar-refractivity contribution in [1.29, 1.82) is 0 Å². The monoisotopic (exact) mass is 223 g/mol. The van der Waals surface area contributed by atoms with Crippen LogP contribution < -0.4 is 0 Å². The lowest BCUT2D eigenvalue weighted by Crippen LogP contribution is -2.13. The van der Waals surface area contributed by atoms with Crippen LogP contribution in [0.3, 0.4) is 0 Å². The second kappa shape index (κ2) is 3.48. The van der Waals surface area contributed by atoms with Gasteiger partial charge in [-0.2, -0.15) is 0 Å². The molecule has 0 aliphatic heterocycles. The number of carbonyl (C=O) groups is 1. The van der Waals surface area contributed by atoms with Crippen LogP contribution in [0.1, 0.15) is 28.8 Å². The van der Waals surface area contributed by atoms with Crippen LogP contribution >= 0.6 is 0 Å². The van der Waals surface area contributed by atoms with E-state index in [0.29, 0.717) is 18.4 Å². The molecule has 0 atom stereocenters. The lowest BCUT2D eigenvalue weighted by molar-refractivity contribution is -0.386. The van der Waals surface area contributed by atoms with E-state index in [9.17, 15) is 25.1 Å². The Morgan fingerprint density at radius 2 is 2.00 bits per heavy atom. The van der Waals surface area contributed by atoms with Crippen LogP contribution in [0, 0.1) is 10.1 Å². The molecule has 1 aromatic rings. The van der Waals surface area contributed by atoms with Gasteiger partial charge in [-0.3, -0.25) is 14.9 Å². The minimum absolute atomic E-state index is 0.0634. The van der Waals surface area contributed by atoms with E-state index >= 15 is 0 Å². The molecule has 16 heavy (non-hydrogen) atoms. The van der Waals surface area contributed by atoms with Crippen LogP contribution in [-0.4, -0.2) is 20.9 Å². The molecular formula is C10H9NO5. The Bertz CT molecular complexity index is 494. The first-order chi connectivity index (χ1) is 7.52. The summed E-state index contributed by atoms with van der Waals surface area (Å²) < 4.78 is 0. The predicted octanol–water partition coefficient (Wildman–Crippen LogP) is 1.52. The van der Waals surface area contributed by atoms with Crippen LogP contribution in [0.4, 0.5) is 5.69 Å². The molecule has 1 aliphatic rings. The first-order valence-corrected chi connectivity index (χ1v) is 4.77. The minimum atomic E-state index is -0.836. The Morgan fingerprint density at radius 3 is 2.62 bits per heavy atom. The van der Waals surface area contributed by atoms with Crippen molar-refractivity contribution in [3.05, 3.63) is 27.3 Å². The Hall–Kier alpha value is -2.11. The number of nitro groups is 1. The highest BCUT2D eigenvalue weighted by Crippen LogP contribution is 2.42. The molecule has 0 saturated heterocycles. The van der Waals surface area contributed by atoms with E-state index in [1.807, 2.05) is 0 Å². The average molecular weight is 223 g/mol. The fourth-order valence-corrected chi connectivity index (χ4v) is 1.95. The Balaban J connectivity index is 2.78. The third-order valence-corrected chi connectivity index (χ3v) is 2.65. The van der Waals surface area contributed by atoms with Crippen LogP contribution in [-0.2, 0) is 6.42 Å². The zero-order chi connectivity index (χ0) is 11.9. The van der Waals surface area contributed by atoms with E-state index in [1.165, 1.54) is 6.07 Å². The Kier molecular flexibility index (Phi) is 2.26. The number of ketones is 1. The molecule has 0 bridgehead atoms. The normalized spacial score (nSPS) is 14.6. The van der Waals surface area contributed by atoms with E-state index in [4.69, 9.17) is 0 Å². The molecule has 84 valence electrons. The lowest BCUT2D eigenvalue weighted by atomic mass is 9.89. The molecule has 1 aromatic carbocycles. The number of nitrogens with zero attached hydrogens (tertiary/aromatic N) is 1. The smallest absolute Gasteiger partial charge is 0.325 e. The van der Waals surface area contributed by atoms with Crippen molar-refractivity contribution in [2.24, 2.45) is 0 Å². The van der Waals surface area contributed by atoms with E-state index in [1.54, 1.807) is 0 Å². The molecule has 0 heterocycles. The molecule has 0 unspecified atom stereocenters. The van der Waals surface area contributed by atoms with E-state index in [-0.39, 0.29) is 17.8 Å². The highest BCUT2D eigenvalue weighted by molar-refractivity contribution is 6.03. The number of phenols is 2. The van der Waals surface area contributed by atoms with Gasteiger partial charge in [-0.15, -0.1) is 0 Å². The fourth-order valence-electron chi connectivity index (χ4n) is 1.95. The zero-order valence-corrected chi connectivity index (χ0v) is 8.27. The van der Waals surface area contributed by atoms with Crippen LogP contribution in [0.2, 0.25) is 0 Å². The molecule has 0 amide bonds. The van der Waals surface area contributed by atoms with Crippen molar-refractivity contribution < 1.29 is 19.9 Å². The number of nitro benzene ring substituents is 1. The zero-order valence-electron chi connectivity index (χ0n) is 8.27. The maximum Gasteiger partial charge on any atom is 0.325 e. The molecule has 6 nitrogen and oxygen atoms in total. The number of aryl methyl sites for hydroxylation is 1. The molecule has 0 spiro atoms. The van der Waals surface area contributed by atoms with E-state index in [2.05, 4.69) is 0 Å². The van der Waals surface area contributed by atoms with Crippen molar-refractivity contribution in [2.45, 2.75) is 19.3 Å². The van der Waals surface area contributed by atoms with Crippen molar-refractivity contribution in [1.82, 2.24) is 0 Å². The summed E-state index contributed by atoms with van der Waals surface area (Å²) in [5.74, 6) is -1.75. The maximum absolute atomic E-state index is 11.6. The van der Waals surface area contributed by atoms with Gasteiger partial charge in [-0.1, -0.05) is 0 Å². The molecular weight excluding hydrogens is 214 g/mol. The van der Waals surface area contributed by atoms with Gasteiger partial charge in [0.15, 0.2) is 11.5 Å². The SMILES string of the molecule is O=C1CCCc2cc(O)c(O)c([N+](=O)[O-])c21. The number of benzene rings is 1. The van der Waals surface area contributed by atoms with Crippen molar-refractivity contribution >= 4 is 11.5 Å². The highest BCUT2D eigenvalue weighted by Gasteiger charge is 2.32. The van der Waals surface area contributed by atoms with Crippen molar-refractivity contribution in [3.8, 4) is 11.5 Å². The number of rotatable bonds is 1. The standard InChI is InChI=1S/C10H9NO5/c12-6-3-1-2-5-4-7(13)10(14)9(8(5)6)11(15)16/h4,13-14H,1-3H2. The molecule has 2 N–H and O–H groups in total. The fraction of sp³-hybridized carbons (Fsp3) is 0.300. The number of aromatic hydroxyl groups is 2. The molecule has 0 radical (unpaired) electrons. The summed E-state index contributed by atoms with van der Waals surface area (Å²) in [4.78, 5) is 21.5. The quantitative estimate of drug-likeness (QED) is 0.427. The van der Waals surface area contributed by atoms with Gasteiger partial charge >= 0.3 is 5.69 Å². The number of phenolic OH excluding ortho intramolecular Hbond substituents is 2. The van der Waals surface area contributed by atoms with Crippen LogP contribution in [0.25, 0.3) is 0 Å². The average Bonchev–Trinajstić information content (AvgIpc) is 2.20. The van der Waals surface area contributed by atoms with Crippen LogP contribution in [0.5, 0.6) is 11.5 Å². The third-order valence-electron chi connectivity index (χ3n) is 2.65. The number of hydrogen-bond acceptors (Lipinski definition) is 5. The second-order valence-electron chi connectivity index (χ2n) is 3.66. The first kappa shape index (κ1) is 10.4. The summed E-state index contributed by atoms with van der Waals surface area (Å²) in [6.07, 6.45) is 1.33. The lowest BCUT2D eigenvalue weighted by Gasteiger charge is -2.15. The molecule has 0 saturated carbocycles. The van der Waals surface area contributed by atoms with Gasteiger partial charge in [0, 0.05) is 6.42 Å². The molecule has 6 heteroatoms. The van der Waals surface area contributed by atoms with Crippen molar-refractivity contribution in [3.63, 3.8) is 0 Å². The van der Waals surface area contributed by atoms with E-state index < -0.39 is 22.1 Å².